The van der Waals surface area contributed by atoms with Crippen molar-refractivity contribution in [1.82, 2.24) is 4.98 Å². The van der Waals surface area contributed by atoms with E-state index in [0.29, 0.717) is 30.8 Å². The highest BCUT2D eigenvalue weighted by molar-refractivity contribution is 6.10. The molecule has 0 radical (unpaired) electrons. The summed E-state index contributed by atoms with van der Waals surface area (Å²) in [6, 6.07) is 11.7. The van der Waals surface area contributed by atoms with Crippen molar-refractivity contribution >= 4 is 23.4 Å². The predicted octanol–water partition coefficient (Wildman–Crippen LogP) is 3.34. The largest absolute Gasteiger partial charge is 0.481 e. The molecule has 140 valence electrons. The van der Waals surface area contributed by atoms with Crippen LogP contribution < -0.4 is 10.2 Å². The Morgan fingerprint density at radius 1 is 1.07 bits per heavy atom. The lowest BCUT2D eigenvalue weighted by Crippen LogP contribution is -2.32. The first-order valence-corrected chi connectivity index (χ1v) is 9.47. The van der Waals surface area contributed by atoms with Crippen LogP contribution in [-0.2, 0) is 11.2 Å². The highest BCUT2D eigenvalue weighted by atomic mass is 16.4. The summed E-state index contributed by atoms with van der Waals surface area (Å²) in [5.41, 5.74) is 2.73. The molecular formula is C21H23N3O3. The van der Waals surface area contributed by atoms with Crippen LogP contribution in [-0.4, -0.2) is 34.6 Å². The fourth-order valence-electron chi connectivity index (χ4n) is 4.07. The van der Waals surface area contributed by atoms with Crippen molar-refractivity contribution < 1.29 is 14.7 Å². The Hall–Kier alpha value is -2.89. The van der Waals surface area contributed by atoms with E-state index in [1.54, 1.807) is 12.3 Å². The number of hydrogen-bond donors (Lipinski definition) is 2. The van der Waals surface area contributed by atoms with Crippen molar-refractivity contribution in [3.63, 3.8) is 0 Å². The molecule has 1 aliphatic carbocycles. The molecule has 1 fully saturated rings. The maximum Gasteiger partial charge on any atom is 0.306 e. The SMILES string of the molecule is O=C(O)C1CCC(Nc2ncccc2C(=O)N2CCc3ccccc32)CC1. The molecule has 0 unspecified atom stereocenters. The average molecular weight is 365 g/mol. The molecule has 1 aromatic carbocycles. The van der Waals surface area contributed by atoms with Crippen molar-refractivity contribution in [2.45, 2.75) is 38.1 Å². The number of nitrogens with zero attached hydrogens (tertiary/aromatic N) is 2. The number of carbonyl (C=O) groups is 2. The minimum absolute atomic E-state index is 0.0465. The highest BCUT2D eigenvalue weighted by Crippen LogP contribution is 2.31. The Morgan fingerprint density at radius 3 is 2.63 bits per heavy atom. The number of carboxylic acids is 1. The number of hydrogen-bond acceptors (Lipinski definition) is 4. The van der Waals surface area contributed by atoms with Gasteiger partial charge >= 0.3 is 5.97 Å². The van der Waals surface area contributed by atoms with E-state index >= 15 is 0 Å². The van der Waals surface area contributed by atoms with Gasteiger partial charge in [-0.15, -0.1) is 0 Å². The average Bonchev–Trinajstić information content (AvgIpc) is 3.12. The molecule has 1 aliphatic heterocycles. The van der Waals surface area contributed by atoms with E-state index in [2.05, 4.69) is 16.4 Å². The summed E-state index contributed by atoms with van der Waals surface area (Å²) in [4.78, 5) is 30.5. The number of rotatable bonds is 4. The van der Waals surface area contributed by atoms with Crippen LogP contribution in [0.5, 0.6) is 0 Å². The zero-order valence-electron chi connectivity index (χ0n) is 15.1. The zero-order valence-corrected chi connectivity index (χ0v) is 15.1. The van der Waals surface area contributed by atoms with Gasteiger partial charge in [-0.1, -0.05) is 18.2 Å². The Labute approximate surface area is 158 Å². The topological polar surface area (TPSA) is 82.5 Å². The molecular weight excluding hydrogens is 342 g/mol. The van der Waals surface area contributed by atoms with Crippen LogP contribution in [0.15, 0.2) is 42.6 Å². The summed E-state index contributed by atoms with van der Waals surface area (Å²) >= 11 is 0. The second kappa shape index (κ2) is 7.39. The number of fused-ring (bicyclic) bond motifs is 1. The molecule has 1 amide bonds. The normalized spacial score (nSPS) is 21.6. The first kappa shape index (κ1) is 17.5. The monoisotopic (exact) mass is 365 g/mol. The van der Waals surface area contributed by atoms with Crippen LogP contribution in [0.25, 0.3) is 0 Å². The predicted molar refractivity (Wildman–Crippen MR) is 103 cm³/mol. The molecule has 2 aromatic rings. The summed E-state index contributed by atoms with van der Waals surface area (Å²) in [7, 11) is 0. The summed E-state index contributed by atoms with van der Waals surface area (Å²) in [6.07, 6.45) is 5.40. The molecule has 2 N–H and O–H groups in total. The smallest absolute Gasteiger partial charge is 0.306 e. The van der Waals surface area contributed by atoms with Crippen molar-refractivity contribution in [2.24, 2.45) is 5.92 Å². The third kappa shape index (κ3) is 3.52. The van der Waals surface area contributed by atoms with Crippen molar-refractivity contribution in [3.05, 3.63) is 53.7 Å². The van der Waals surface area contributed by atoms with Crippen LogP contribution in [0, 0.1) is 5.92 Å². The number of amides is 1. The minimum atomic E-state index is -0.713. The third-order valence-corrected chi connectivity index (χ3v) is 5.59. The molecule has 4 rings (SSSR count). The van der Waals surface area contributed by atoms with E-state index in [4.69, 9.17) is 5.11 Å². The van der Waals surface area contributed by atoms with Crippen LogP contribution in [0.4, 0.5) is 11.5 Å². The maximum atomic E-state index is 13.2. The number of anilines is 2. The van der Waals surface area contributed by atoms with Crippen molar-refractivity contribution in [3.8, 4) is 0 Å². The van der Waals surface area contributed by atoms with Crippen LogP contribution in [0.3, 0.4) is 0 Å². The Bertz CT molecular complexity index is 859. The first-order valence-electron chi connectivity index (χ1n) is 9.47. The van der Waals surface area contributed by atoms with Gasteiger partial charge in [-0.3, -0.25) is 9.59 Å². The van der Waals surface area contributed by atoms with Gasteiger partial charge in [0.2, 0.25) is 0 Å². The van der Waals surface area contributed by atoms with E-state index in [0.717, 1.165) is 24.9 Å². The van der Waals surface area contributed by atoms with Gasteiger partial charge in [-0.05, 0) is 55.9 Å². The molecule has 0 bridgehead atoms. The second-order valence-electron chi connectivity index (χ2n) is 7.27. The number of carboxylic acid groups (broad SMARTS) is 1. The summed E-state index contributed by atoms with van der Waals surface area (Å²) in [5.74, 6) is -0.427. The van der Waals surface area contributed by atoms with Gasteiger partial charge in [0.1, 0.15) is 5.82 Å². The fraction of sp³-hybridized carbons (Fsp3) is 0.381. The molecule has 0 spiro atoms. The maximum absolute atomic E-state index is 13.2. The van der Waals surface area contributed by atoms with Crippen LogP contribution in [0.2, 0.25) is 0 Å². The number of carbonyl (C=O) groups excluding carboxylic acids is 1. The van der Waals surface area contributed by atoms with Crippen molar-refractivity contribution in [2.75, 3.05) is 16.8 Å². The highest BCUT2D eigenvalue weighted by Gasteiger charge is 2.29. The molecule has 2 aliphatic rings. The molecule has 1 saturated carbocycles. The van der Waals surface area contributed by atoms with Crippen molar-refractivity contribution in [1.29, 1.82) is 0 Å². The fourth-order valence-corrected chi connectivity index (χ4v) is 4.07. The van der Waals surface area contributed by atoms with Gasteiger partial charge in [0, 0.05) is 24.5 Å². The number of aliphatic carboxylic acids is 1. The van der Waals surface area contributed by atoms with E-state index in [9.17, 15) is 9.59 Å². The molecule has 1 aromatic heterocycles. The number of para-hydroxylation sites is 1. The first-order chi connectivity index (χ1) is 13.1. The molecule has 0 atom stereocenters. The van der Waals surface area contributed by atoms with E-state index < -0.39 is 5.97 Å². The number of benzene rings is 1. The second-order valence-corrected chi connectivity index (χ2v) is 7.27. The number of pyridine rings is 1. The summed E-state index contributed by atoms with van der Waals surface area (Å²) in [6.45, 7) is 0.677. The molecule has 6 heteroatoms. The van der Waals surface area contributed by atoms with Gasteiger partial charge in [0.05, 0.1) is 11.5 Å². The van der Waals surface area contributed by atoms with E-state index in [1.807, 2.05) is 29.2 Å². The van der Waals surface area contributed by atoms with Gasteiger partial charge in [-0.2, -0.15) is 0 Å². The van der Waals surface area contributed by atoms with Gasteiger partial charge in [0.25, 0.3) is 5.91 Å². The Balaban J connectivity index is 1.51. The lowest BCUT2D eigenvalue weighted by atomic mass is 9.86. The lowest BCUT2D eigenvalue weighted by Gasteiger charge is -2.28. The Morgan fingerprint density at radius 2 is 1.85 bits per heavy atom. The van der Waals surface area contributed by atoms with Gasteiger partial charge in [-0.25, -0.2) is 4.98 Å². The Kier molecular flexibility index (Phi) is 4.79. The van der Waals surface area contributed by atoms with Crippen LogP contribution >= 0.6 is 0 Å². The van der Waals surface area contributed by atoms with Gasteiger partial charge < -0.3 is 15.3 Å². The third-order valence-electron chi connectivity index (χ3n) is 5.59. The molecule has 0 saturated heterocycles. The summed E-state index contributed by atoms with van der Waals surface area (Å²) in [5, 5.41) is 12.5. The van der Waals surface area contributed by atoms with E-state index in [-0.39, 0.29) is 17.9 Å². The van der Waals surface area contributed by atoms with Gasteiger partial charge in [0.15, 0.2) is 0 Å². The number of aromatic nitrogens is 1. The van der Waals surface area contributed by atoms with Crippen LogP contribution in [0.1, 0.15) is 41.6 Å². The standard InChI is InChI=1S/C21H23N3O3/c25-20(24-13-11-14-4-1-2-6-18(14)24)17-5-3-12-22-19(17)23-16-9-7-15(8-10-16)21(26)27/h1-6,12,15-16H,7-11,13H2,(H,22,23)(H,26,27). The number of nitrogens with one attached hydrogen (secondary N) is 1. The molecule has 2 heterocycles. The quantitative estimate of drug-likeness (QED) is 0.868. The summed E-state index contributed by atoms with van der Waals surface area (Å²) < 4.78 is 0. The lowest BCUT2D eigenvalue weighted by molar-refractivity contribution is -0.142. The zero-order chi connectivity index (χ0) is 18.8. The minimum Gasteiger partial charge on any atom is -0.481 e. The van der Waals surface area contributed by atoms with E-state index in [1.165, 1.54) is 5.56 Å². The molecule has 27 heavy (non-hydrogen) atoms. The molecule has 6 nitrogen and oxygen atoms in total.